The molecule has 0 saturated heterocycles. The molecular formula is C9H16N2O3. The zero-order valence-corrected chi connectivity index (χ0v) is 8.55. The van der Waals surface area contributed by atoms with Crippen molar-refractivity contribution in [2.45, 2.75) is 26.7 Å². The van der Waals surface area contributed by atoms with Crippen LogP contribution in [-0.4, -0.2) is 30.7 Å². The summed E-state index contributed by atoms with van der Waals surface area (Å²) < 4.78 is 0. The highest BCUT2D eigenvalue weighted by molar-refractivity contribution is 5.96. The van der Waals surface area contributed by atoms with E-state index in [1.54, 1.807) is 0 Å². The third-order valence-electron chi connectivity index (χ3n) is 1.46. The van der Waals surface area contributed by atoms with Crippen LogP contribution in [0.3, 0.4) is 0 Å². The minimum atomic E-state index is -0.332. The van der Waals surface area contributed by atoms with Crippen molar-refractivity contribution in [3.05, 3.63) is 0 Å². The van der Waals surface area contributed by atoms with Crippen LogP contribution in [0.5, 0.6) is 0 Å². The van der Waals surface area contributed by atoms with E-state index in [2.05, 4.69) is 10.6 Å². The maximum absolute atomic E-state index is 10.9. The van der Waals surface area contributed by atoms with Crippen LogP contribution >= 0.6 is 0 Å². The number of rotatable bonds is 6. The highest BCUT2D eigenvalue weighted by Crippen LogP contribution is 1.83. The molecule has 0 aromatic carbocycles. The van der Waals surface area contributed by atoms with Gasteiger partial charge in [0.25, 0.3) is 0 Å². The Bertz CT molecular complexity index is 226. The Balaban J connectivity index is 3.49. The number of nitrogens with one attached hydrogen (secondary N) is 2. The first kappa shape index (κ1) is 12.6. The van der Waals surface area contributed by atoms with Gasteiger partial charge in [-0.3, -0.25) is 14.4 Å². The molecule has 0 unspecified atom stereocenters. The van der Waals surface area contributed by atoms with E-state index in [9.17, 15) is 14.4 Å². The molecule has 0 heterocycles. The summed E-state index contributed by atoms with van der Waals surface area (Å²) in [6, 6.07) is 0. The molecule has 0 aliphatic heterocycles. The van der Waals surface area contributed by atoms with E-state index >= 15 is 0 Å². The Morgan fingerprint density at radius 3 is 2.21 bits per heavy atom. The summed E-state index contributed by atoms with van der Waals surface area (Å²) in [6.07, 6.45) is 0.132. The maximum Gasteiger partial charge on any atom is 0.227 e. The molecule has 0 aliphatic carbocycles. The smallest absolute Gasteiger partial charge is 0.227 e. The van der Waals surface area contributed by atoms with Gasteiger partial charge >= 0.3 is 0 Å². The number of Topliss-reactive ketones (excluding diaryl/α,β-unsaturated/α-hetero) is 1. The first-order valence-electron chi connectivity index (χ1n) is 4.59. The van der Waals surface area contributed by atoms with Crippen molar-refractivity contribution in [1.82, 2.24) is 10.6 Å². The van der Waals surface area contributed by atoms with E-state index in [0.29, 0.717) is 6.54 Å². The predicted molar refractivity (Wildman–Crippen MR) is 51.6 cm³/mol. The Kier molecular flexibility index (Phi) is 6.36. The van der Waals surface area contributed by atoms with E-state index in [-0.39, 0.29) is 37.0 Å². The second-order valence-corrected chi connectivity index (χ2v) is 2.93. The molecule has 80 valence electrons. The van der Waals surface area contributed by atoms with Crippen LogP contribution in [0, 0.1) is 0 Å². The lowest BCUT2D eigenvalue weighted by molar-refractivity contribution is -0.127. The van der Waals surface area contributed by atoms with Crippen molar-refractivity contribution < 1.29 is 14.4 Å². The van der Waals surface area contributed by atoms with Crippen LogP contribution in [-0.2, 0) is 14.4 Å². The molecule has 0 atom stereocenters. The molecular weight excluding hydrogens is 184 g/mol. The average Bonchev–Trinajstić information content (AvgIpc) is 2.02. The summed E-state index contributed by atoms with van der Waals surface area (Å²) in [7, 11) is 0. The summed E-state index contributed by atoms with van der Waals surface area (Å²) in [5.74, 6) is -0.613. The topological polar surface area (TPSA) is 75.3 Å². The van der Waals surface area contributed by atoms with Crippen molar-refractivity contribution in [1.29, 1.82) is 0 Å². The lowest BCUT2D eigenvalue weighted by Gasteiger charge is -2.03. The average molecular weight is 200 g/mol. The highest BCUT2D eigenvalue weighted by atomic mass is 16.2. The molecule has 0 radical (unpaired) electrons. The van der Waals surface area contributed by atoms with Gasteiger partial charge in [-0.1, -0.05) is 0 Å². The number of hydrogen-bond donors (Lipinski definition) is 2. The van der Waals surface area contributed by atoms with Gasteiger partial charge in [0.15, 0.2) is 0 Å². The fourth-order valence-corrected chi connectivity index (χ4v) is 0.890. The third-order valence-corrected chi connectivity index (χ3v) is 1.46. The highest BCUT2D eigenvalue weighted by Gasteiger charge is 2.05. The standard InChI is InChI=1S/C9H16N2O3/c1-3-10-8(13)4-5-11-9(14)6-7(2)12/h3-6H2,1-2H3,(H,10,13)(H,11,14). The second kappa shape index (κ2) is 7.06. The van der Waals surface area contributed by atoms with Crippen molar-refractivity contribution in [3.63, 3.8) is 0 Å². The summed E-state index contributed by atoms with van der Waals surface area (Å²) in [5.41, 5.74) is 0. The molecule has 0 bridgehead atoms. The van der Waals surface area contributed by atoms with Crippen molar-refractivity contribution in [2.75, 3.05) is 13.1 Å². The van der Waals surface area contributed by atoms with Gasteiger partial charge in [-0.2, -0.15) is 0 Å². The minimum absolute atomic E-state index is 0.101. The lowest BCUT2D eigenvalue weighted by atomic mass is 10.3. The molecule has 2 N–H and O–H groups in total. The lowest BCUT2D eigenvalue weighted by Crippen LogP contribution is -2.31. The Hall–Kier alpha value is -1.39. The normalized spacial score (nSPS) is 9.29. The van der Waals surface area contributed by atoms with Gasteiger partial charge in [0.2, 0.25) is 11.8 Å². The number of amides is 2. The van der Waals surface area contributed by atoms with Crippen LogP contribution in [0.2, 0.25) is 0 Å². The van der Waals surface area contributed by atoms with Gasteiger partial charge in [-0.15, -0.1) is 0 Å². The van der Waals surface area contributed by atoms with Gasteiger partial charge in [0, 0.05) is 19.5 Å². The maximum atomic E-state index is 10.9. The van der Waals surface area contributed by atoms with E-state index < -0.39 is 0 Å². The summed E-state index contributed by atoms with van der Waals surface area (Å²) in [4.78, 5) is 32.4. The Labute approximate surface area is 83.2 Å². The number of ketones is 1. The quantitative estimate of drug-likeness (QED) is 0.573. The molecule has 0 fully saturated rings. The van der Waals surface area contributed by atoms with Crippen LogP contribution in [0.25, 0.3) is 0 Å². The molecule has 5 nitrogen and oxygen atoms in total. The van der Waals surface area contributed by atoms with E-state index in [0.717, 1.165) is 0 Å². The number of carbonyl (C=O) groups is 3. The van der Waals surface area contributed by atoms with Gasteiger partial charge in [-0.05, 0) is 13.8 Å². The van der Waals surface area contributed by atoms with Crippen LogP contribution < -0.4 is 10.6 Å². The van der Waals surface area contributed by atoms with Crippen LogP contribution in [0.1, 0.15) is 26.7 Å². The summed E-state index contributed by atoms with van der Waals surface area (Å²) in [6.45, 7) is 4.04. The Morgan fingerprint density at radius 2 is 1.71 bits per heavy atom. The molecule has 0 aromatic rings. The SMILES string of the molecule is CCNC(=O)CCNC(=O)CC(C)=O. The Morgan fingerprint density at radius 1 is 1.07 bits per heavy atom. The largest absolute Gasteiger partial charge is 0.356 e. The van der Waals surface area contributed by atoms with Crippen molar-refractivity contribution in [2.24, 2.45) is 0 Å². The van der Waals surface area contributed by atoms with Crippen LogP contribution in [0.15, 0.2) is 0 Å². The zero-order chi connectivity index (χ0) is 11.0. The first-order chi connectivity index (χ1) is 6.56. The van der Waals surface area contributed by atoms with Gasteiger partial charge in [0.05, 0.1) is 6.42 Å². The molecule has 0 aromatic heterocycles. The molecule has 0 saturated carbocycles. The molecule has 0 rings (SSSR count). The summed E-state index contributed by atoms with van der Waals surface area (Å²) in [5, 5.41) is 5.09. The second-order valence-electron chi connectivity index (χ2n) is 2.93. The molecule has 5 heteroatoms. The van der Waals surface area contributed by atoms with Crippen molar-refractivity contribution >= 4 is 17.6 Å². The number of hydrogen-bond acceptors (Lipinski definition) is 3. The molecule has 14 heavy (non-hydrogen) atoms. The number of carbonyl (C=O) groups excluding carboxylic acids is 3. The minimum Gasteiger partial charge on any atom is -0.356 e. The fraction of sp³-hybridized carbons (Fsp3) is 0.667. The van der Waals surface area contributed by atoms with Crippen molar-refractivity contribution in [3.8, 4) is 0 Å². The monoisotopic (exact) mass is 200 g/mol. The van der Waals surface area contributed by atoms with E-state index in [1.807, 2.05) is 6.92 Å². The first-order valence-corrected chi connectivity index (χ1v) is 4.59. The predicted octanol–water partition coefficient (Wildman–Crippen LogP) is -0.392. The molecule has 0 spiro atoms. The van der Waals surface area contributed by atoms with E-state index in [1.165, 1.54) is 6.92 Å². The molecule has 2 amide bonds. The fourth-order valence-electron chi connectivity index (χ4n) is 0.890. The zero-order valence-electron chi connectivity index (χ0n) is 8.55. The van der Waals surface area contributed by atoms with E-state index in [4.69, 9.17) is 0 Å². The van der Waals surface area contributed by atoms with Gasteiger partial charge < -0.3 is 10.6 Å². The summed E-state index contributed by atoms with van der Waals surface area (Å²) >= 11 is 0. The van der Waals surface area contributed by atoms with Crippen LogP contribution in [0.4, 0.5) is 0 Å². The van der Waals surface area contributed by atoms with Gasteiger partial charge in [0.1, 0.15) is 5.78 Å². The third kappa shape index (κ3) is 7.27. The van der Waals surface area contributed by atoms with Gasteiger partial charge in [-0.25, -0.2) is 0 Å². The molecule has 0 aliphatic rings.